The van der Waals surface area contributed by atoms with E-state index in [0.717, 1.165) is 17.1 Å². The van der Waals surface area contributed by atoms with Crippen molar-refractivity contribution >= 4 is 17.1 Å². The van der Waals surface area contributed by atoms with Crippen LogP contribution in [0, 0.1) is 0 Å². The molecular weight excluding hydrogens is 855 g/mol. The lowest BCUT2D eigenvalue weighted by atomic mass is 9.70. The Morgan fingerprint density at radius 2 is 0.676 bits per heavy atom. The number of rotatable bonds is 7. The summed E-state index contributed by atoms with van der Waals surface area (Å²) in [5.74, 6) is 0. The van der Waals surface area contributed by atoms with Crippen LogP contribution < -0.4 is 4.90 Å². The molecule has 0 atom stereocenters. The number of nitrogens with zero attached hydrogens (tertiary/aromatic N) is 1. The van der Waals surface area contributed by atoms with Crippen molar-refractivity contribution in [2.24, 2.45) is 0 Å². The highest BCUT2D eigenvalue weighted by molar-refractivity contribution is 6.03. The number of anilines is 3. The van der Waals surface area contributed by atoms with Crippen LogP contribution in [0.5, 0.6) is 0 Å². The summed E-state index contributed by atoms with van der Waals surface area (Å²) in [7, 11) is 0. The first-order valence-corrected chi connectivity index (χ1v) is 24.9. The van der Waals surface area contributed by atoms with E-state index in [1.165, 1.54) is 111 Å². The molecule has 0 amide bonds. The zero-order chi connectivity index (χ0) is 47.3. The molecule has 1 nitrogen and oxygen atoms in total. The van der Waals surface area contributed by atoms with Crippen LogP contribution in [0.15, 0.2) is 261 Å². The smallest absolute Gasteiger partial charge is 0.0726 e. The molecule has 11 aromatic carbocycles. The maximum absolute atomic E-state index is 2.55. The van der Waals surface area contributed by atoms with Gasteiger partial charge in [0.15, 0.2) is 0 Å². The van der Waals surface area contributed by atoms with Gasteiger partial charge in [0.05, 0.1) is 11.1 Å². The fraction of sp³-hybridized carbons (Fsp3) is 0.0571. The average molecular weight is 904 g/mol. The molecule has 0 saturated carbocycles. The summed E-state index contributed by atoms with van der Waals surface area (Å²) in [5.41, 5.74) is 28.1. The van der Waals surface area contributed by atoms with E-state index in [1.807, 2.05) is 0 Å². The van der Waals surface area contributed by atoms with Gasteiger partial charge in [0.25, 0.3) is 0 Å². The summed E-state index contributed by atoms with van der Waals surface area (Å²) in [4.78, 5) is 2.55. The fourth-order valence-corrected chi connectivity index (χ4v) is 12.8. The van der Waals surface area contributed by atoms with Crippen molar-refractivity contribution in [2.45, 2.75) is 24.7 Å². The van der Waals surface area contributed by atoms with Gasteiger partial charge >= 0.3 is 0 Å². The third-order valence-corrected chi connectivity index (χ3v) is 15.9. The van der Waals surface area contributed by atoms with Crippen LogP contribution >= 0.6 is 0 Å². The third kappa shape index (κ3) is 6.06. The largest absolute Gasteiger partial charge is 0.310 e. The summed E-state index contributed by atoms with van der Waals surface area (Å²) in [6.45, 7) is 4.74. The first-order chi connectivity index (χ1) is 35.0. The normalized spacial score (nSPS) is 13.7. The van der Waals surface area contributed by atoms with Crippen LogP contribution in [0.2, 0.25) is 0 Å². The monoisotopic (exact) mass is 903 g/mol. The third-order valence-electron chi connectivity index (χ3n) is 15.9. The molecule has 1 spiro atoms. The van der Waals surface area contributed by atoms with Crippen LogP contribution in [0.1, 0.15) is 47.2 Å². The lowest BCUT2D eigenvalue weighted by molar-refractivity contribution is 0.660. The Hall–Kier alpha value is -8.78. The molecule has 0 fully saturated rings. The van der Waals surface area contributed by atoms with Crippen molar-refractivity contribution < 1.29 is 0 Å². The van der Waals surface area contributed by atoms with Crippen molar-refractivity contribution in [2.75, 3.05) is 4.90 Å². The molecule has 0 aliphatic heterocycles. The fourth-order valence-electron chi connectivity index (χ4n) is 12.8. The van der Waals surface area contributed by atoms with Gasteiger partial charge in [-0.3, -0.25) is 0 Å². The highest BCUT2D eigenvalue weighted by Gasteiger charge is 2.51. The Balaban J connectivity index is 1.05. The molecule has 0 aromatic heterocycles. The van der Waals surface area contributed by atoms with Gasteiger partial charge in [0.2, 0.25) is 0 Å². The summed E-state index contributed by atoms with van der Waals surface area (Å²) in [6.07, 6.45) is 0. The van der Waals surface area contributed by atoms with Gasteiger partial charge in [-0.25, -0.2) is 0 Å². The second kappa shape index (κ2) is 15.9. The molecule has 0 N–H and O–H groups in total. The van der Waals surface area contributed by atoms with E-state index in [1.54, 1.807) is 0 Å². The highest BCUT2D eigenvalue weighted by Crippen LogP contribution is 2.63. The molecule has 0 radical (unpaired) electrons. The summed E-state index contributed by atoms with van der Waals surface area (Å²) in [6, 6.07) is 97.5. The van der Waals surface area contributed by atoms with Crippen LogP contribution in [-0.2, 0) is 10.8 Å². The minimum Gasteiger partial charge on any atom is -0.310 e. The van der Waals surface area contributed by atoms with Gasteiger partial charge in [-0.15, -0.1) is 0 Å². The number of hydrogen-bond acceptors (Lipinski definition) is 1. The van der Waals surface area contributed by atoms with Gasteiger partial charge in [-0.1, -0.05) is 238 Å². The Bertz CT molecular complexity index is 3850. The predicted molar refractivity (Wildman–Crippen MR) is 297 cm³/mol. The van der Waals surface area contributed by atoms with E-state index in [9.17, 15) is 0 Å². The molecule has 0 saturated heterocycles. The van der Waals surface area contributed by atoms with Crippen molar-refractivity contribution in [1.29, 1.82) is 0 Å². The standard InChI is InChI=1S/C70H49N/c1-69(2)61-34-15-11-28-54(61)58-41-39-49(44-65(58)69)48-25-19-26-50(43-48)71(67-38-20-33-53(47-23-7-4-8-24-47)68(67)60-32-10-9-27-52(60)46-21-5-3-6-22-46)51-40-42-59-57-31-14-18-37-64(57)70(66(59)45-51)62-35-16-12-29-55(62)56-30-13-17-36-63(56)70/h3-45H,1-2H3. The topological polar surface area (TPSA) is 3.24 Å². The Morgan fingerprint density at radius 1 is 0.254 bits per heavy atom. The van der Waals surface area contributed by atoms with E-state index in [2.05, 4.69) is 280 Å². The minimum absolute atomic E-state index is 0.111. The van der Waals surface area contributed by atoms with Crippen molar-refractivity contribution in [3.05, 3.63) is 294 Å². The summed E-state index contributed by atoms with van der Waals surface area (Å²) in [5, 5.41) is 0. The SMILES string of the molecule is CC1(C)c2ccccc2-c2ccc(-c3cccc(N(c4ccc5c(c4)C4(c6ccccc6-c6ccccc64)c4ccccc4-5)c4cccc(-c5ccccc5)c4-c4ccccc4-c4ccccc4)c3)cc21. The van der Waals surface area contributed by atoms with E-state index in [4.69, 9.17) is 0 Å². The molecule has 1 heteroatoms. The Kier molecular flexibility index (Phi) is 9.22. The quantitative estimate of drug-likeness (QED) is 0.154. The molecular formula is C70H49N. The second-order valence-electron chi connectivity index (χ2n) is 19.9. The number of benzene rings is 11. The highest BCUT2D eigenvalue weighted by atomic mass is 15.1. The van der Waals surface area contributed by atoms with Crippen LogP contribution in [-0.4, -0.2) is 0 Å². The zero-order valence-electron chi connectivity index (χ0n) is 39.8. The number of fused-ring (bicyclic) bond motifs is 13. The summed E-state index contributed by atoms with van der Waals surface area (Å²) < 4.78 is 0. The van der Waals surface area contributed by atoms with Crippen LogP contribution in [0.25, 0.3) is 77.9 Å². The molecule has 3 aliphatic rings. The molecule has 71 heavy (non-hydrogen) atoms. The molecule has 3 aliphatic carbocycles. The van der Waals surface area contributed by atoms with Gasteiger partial charge in [0.1, 0.15) is 0 Å². The average Bonchev–Trinajstić information content (AvgIpc) is 3.99. The van der Waals surface area contributed by atoms with E-state index in [0.29, 0.717) is 0 Å². The van der Waals surface area contributed by atoms with Gasteiger partial charge in [-0.2, -0.15) is 0 Å². The van der Waals surface area contributed by atoms with Crippen molar-refractivity contribution in [3.63, 3.8) is 0 Å². The molecule has 0 unspecified atom stereocenters. The van der Waals surface area contributed by atoms with Gasteiger partial charge in [0, 0.05) is 22.4 Å². The van der Waals surface area contributed by atoms with Crippen molar-refractivity contribution in [3.8, 4) is 77.9 Å². The first-order valence-electron chi connectivity index (χ1n) is 24.9. The van der Waals surface area contributed by atoms with Crippen molar-refractivity contribution in [1.82, 2.24) is 0 Å². The van der Waals surface area contributed by atoms with Gasteiger partial charge < -0.3 is 4.90 Å². The molecule has 0 heterocycles. The first kappa shape index (κ1) is 41.2. The van der Waals surface area contributed by atoms with Crippen LogP contribution in [0.3, 0.4) is 0 Å². The van der Waals surface area contributed by atoms with E-state index < -0.39 is 5.41 Å². The molecule has 14 rings (SSSR count). The number of hydrogen-bond donors (Lipinski definition) is 0. The van der Waals surface area contributed by atoms with E-state index >= 15 is 0 Å². The lowest BCUT2D eigenvalue weighted by Crippen LogP contribution is -2.26. The Morgan fingerprint density at radius 3 is 1.31 bits per heavy atom. The lowest BCUT2D eigenvalue weighted by Gasteiger charge is -2.33. The second-order valence-corrected chi connectivity index (χ2v) is 19.9. The maximum atomic E-state index is 2.55. The molecule has 11 aromatic rings. The minimum atomic E-state index is -0.494. The van der Waals surface area contributed by atoms with E-state index in [-0.39, 0.29) is 5.41 Å². The zero-order valence-corrected chi connectivity index (χ0v) is 39.8. The molecule has 334 valence electrons. The molecule has 0 bridgehead atoms. The Labute approximate surface area is 416 Å². The summed E-state index contributed by atoms with van der Waals surface area (Å²) >= 11 is 0. The predicted octanol–water partition coefficient (Wildman–Crippen LogP) is 18.5. The van der Waals surface area contributed by atoms with Crippen LogP contribution in [0.4, 0.5) is 17.1 Å². The van der Waals surface area contributed by atoms with Gasteiger partial charge in [-0.05, 0) is 142 Å². The maximum Gasteiger partial charge on any atom is 0.0726 e.